The molecule has 0 bridgehead atoms. The van der Waals surface area contributed by atoms with E-state index in [1.54, 1.807) is 11.1 Å². The normalized spacial score (nSPS) is 25.2. The Morgan fingerprint density at radius 1 is 1.06 bits per heavy atom. The second-order valence-electron chi connectivity index (χ2n) is 6.40. The van der Waals surface area contributed by atoms with Crippen molar-refractivity contribution in [3.05, 3.63) is 15.2 Å². The molecule has 0 spiro atoms. The summed E-state index contributed by atoms with van der Waals surface area (Å²) in [5.74, 6) is 0. The Labute approximate surface area is 120 Å². The van der Waals surface area contributed by atoms with Crippen molar-refractivity contribution in [3.8, 4) is 0 Å². The van der Waals surface area contributed by atoms with Crippen molar-refractivity contribution >= 4 is 31.0 Å². The molecule has 0 atom stereocenters. The van der Waals surface area contributed by atoms with Crippen molar-refractivity contribution in [1.82, 2.24) is 0 Å². The molecule has 0 aromatic carbocycles. The molecule has 1 aliphatic heterocycles. The molecule has 2 nitrogen and oxygen atoms in total. The van der Waals surface area contributed by atoms with Gasteiger partial charge in [0.15, 0.2) is 0 Å². The maximum atomic E-state index is 6.22. The number of aryl methyl sites for hydroxylation is 1. The van der Waals surface area contributed by atoms with Crippen LogP contribution >= 0.6 is 0 Å². The molecule has 1 saturated heterocycles. The summed E-state index contributed by atoms with van der Waals surface area (Å²) in [6.45, 7) is 8.57. The molecule has 1 fully saturated rings. The van der Waals surface area contributed by atoms with Crippen LogP contribution < -0.4 is 3.48 Å². The summed E-state index contributed by atoms with van der Waals surface area (Å²) in [7, 11) is -0.0701. The van der Waals surface area contributed by atoms with E-state index < -0.39 is 0 Å². The molecule has 2 heterocycles. The van der Waals surface area contributed by atoms with E-state index in [-0.39, 0.29) is 38.8 Å². The van der Waals surface area contributed by atoms with Crippen molar-refractivity contribution in [1.29, 1.82) is 0 Å². The standard InChI is InChI=1S/C14H21BO2Te/c1-13(2)14(3,4)17-15(16-13)12-11-8-6-5-7-10(11)9-18-12/h9H,5-8H2,1-4H3. The first-order chi connectivity index (χ1) is 8.41. The van der Waals surface area contributed by atoms with Gasteiger partial charge in [0.2, 0.25) is 0 Å². The van der Waals surface area contributed by atoms with Gasteiger partial charge in [0.1, 0.15) is 0 Å². The van der Waals surface area contributed by atoms with E-state index in [4.69, 9.17) is 9.31 Å². The third-order valence-corrected chi connectivity index (χ3v) is 7.73. The van der Waals surface area contributed by atoms with Crippen LogP contribution in [0.3, 0.4) is 0 Å². The molecule has 1 aliphatic carbocycles. The molecule has 98 valence electrons. The average molecular weight is 360 g/mol. The van der Waals surface area contributed by atoms with Crippen LogP contribution in [0, 0.1) is 0 Å². The molecule has 0 radical (unpaired) electrons. The maximum absolute atomic E-state index is 6.22. The van der Waals surface area contributed by atoms with Crippen LogP contribution in [0.4, 0.5) is 0 Å². The summed E-state index contributed by atoms with van der Waals surface area (Å²) in [5, 5.41) is 0. The molecular weight excluding hydrogens is 339 g/mol. The summed E-state index contributed by atoms with van der Waals surface area (Å²) in [4.78, 5) is 0. The topological polar surface area (TPSA) is 18.5 Å². The summed E-state index contributed by atoms with van der Waals surface area (Å²) in [5.41, 5.74) is 2.82. The van der Waals surface area contributed by atoms with Crippen LogP contribution in [-0.2, 0) is 22.2 Å². The SMILES string of the molecule is CC1(C)OB(c2[te]cc3c2CCCC3)OC1(C)C. The van der Waals surface area contributed by atoms with Crippen molar-refractivity contribution in [2.75, 3.05) is 0 Å². The average Bonchev–Trinajstić information content (AvgIpc) is 2.78. The van der Waals surface area contributed by atoms with E-state index in [1.807, 2.05) is 0 Å². The first kappa shape index (κ1) is 13.2. The predicted molar refractivity (Wildman–Crippen MR) is 75.7 cm³/mol. The van der Waals surface area contributed by atoms with Gasteiger partial charge < -0.3 is 0 Å². The number of fused-ring (bicyclic) bond motifs is 1. The van der Waals surface area contributed by atoms with Crippen molar-refractivity contribution in [2.24, 2.45) is 0 Å². The van der Waals surface area contributed by atoms with Gasteiger partial charge in [-0.15, -0.1) is 0 Å². The Kier molecular flexibility index (Phi) is 3.23. The molecule has 0 saturated carbocycles. The van der Waals surface area contributed by atoms with E-state index in [2.05, 4.69) is 31.8 Å². The van der Waals surface area contributed by atoms with Crippen molar-refractivity contribution < 1.29 is 9.31 Å². The third kappa shape index (κ3) is 2.02. The summed E-state index contributed by atoms with van der Waals surface area (Å²) < 4.78 is 16.5. The van der Waals surface area contributed by atoms with Gasteiger partial charge in [-0.25, -0.2) is 0 Å². The van der Waals surface area contributed by atoms with Gasteiger partial charge in [0, 0.05) is 0 Å². The van der Waals surface area contributed by atoms with Gasteiger partial charge >= 0.3 is 120 Å². The Morgan fingerprint density at radius 2 is 1.67 bits per heavy atom. The van der Waals surface area contributed by atoms with E-state index >= 15 is 0 Å². The summed E-state index contributed by atoms with van der Waals surface area (Å²) in [6.07, 6.45) is 5.22. The van der Waals surface area contributed by atoms with Gasteiger partial charge in [-0.05, 0) is 0 Å². The molecule has 1 aromatic heterocycles. The second kappa shape index (κ2) is 4.38. The quantitative estimate of drug-likeness (QED) is 0.713. The van der Waals surface area contributed by atoms with Crippen molar-refractivity contribution in [3.63, 3.8) is 0 Å². The minimum atomic E-state index is -0.199. The molecular formula is C14H21BO2Te. The van der Waals surface area contributed by atoms with E-state index in [0.717, 1.165) is 0 Å². The number of hydrogen-bond acceptors (Lipinski definition) is 2. The first-order valence-electron chi connectivity index (χ1n) is 6.85. The van der Waals surface area contributed by atoms with Crippen LogP contribution in [0.25, 0.3) is 0 Å². The second-order valence-corrected chi connectivity index (χ2v) is 9.00. The van der Waals surface area contributed by atoms with E-state index in [9.17, 15) is 0 Å². The molecule has 0 unspecified atom stereocenters. The van der Waals surface area contributed by atoms with Gasteiger partial charge in [0.25, 0.3) is 0 Å². The van der Waals surface area contributed by atoms with E-state index in [0.29, 0.717) is 0 Å². The molecule has 18 heavy (non-hydrogen) atoms. The molecule has 1 aromatic rings. The van der Waals surface area contributed by atoms with Crippen LogP contribution in [0.15, 0.2) is 4.08 Å². The zero-order valence-corrected chi connectivity index (χ0v) is 14.0. The summed E-state index contributed by atoms with van der Waals surface area (Å²) >= 11 is -0.195. The number of rotatable bonds is 1. The zero-order valence-electron chi connectivity index (χ0n) is 11.7. The Bertz CT molecular complexity index is 448. The Hall–Kier alpha value is 0.255. The number of hydrogen-bond donors (Lipinski definition) is 0. The fourth-order valence-corrected chi connectivity index (χ4v) is 5.87. The fraction of sp³-hybridized carbons (Fsp3) is 0.714. The monoisotopic (exact) mass is 362 g/mol. The molecule has 4 heteroatoms. The van der Waals surface area contributed by atoms with Crippen LogP contribution in [0.1, 0.15) is 51.7 Å². The van der Waals surface area contributed by atoms with Gasteiger partial charge in [-0.2, -0.15) is 0 Å². The van der Waals surface area contributed by atoms with Gasteiger partial charge in [0.05, 0.1) is 0 Å². The Morgan fingerprint density at radius 3 is 2.33 bits per heavy atom. The van der Waals surface area contributed by atoms with Crippen molar-refractivity contribution in [2.45, 2.75) is 64.6 Å². The predicted octanol–water partition coefficient (Wildman–Crippen LogP) is 1.92. The van der Waals surface area contributed by atoms with Crippen LogP contribution in [0.5, 0.6) is 0 Å². The van der Waals surface area contributed by atoms with Gasteiger partial charge in [-0.1, -0.05) is 0 Å². The summed E-state index contributed by atoms with van der Waals surface area (Å²) in [6, 6.07) is 0. The van der Waals surface area contributed by atoms with Crippen LogP contribution in [0.2, 0.25) is 0 Å². The molecule has 0 amide bonds. The molecule has 2 aliphatic rings. The van der Waals surface area contributed by atoms with E-state index in [1.165, 1.54) is 29.2 Å². The molecule has 0 N–H and O–H groups in total. The Balaban J connectivity index is 1.91. The zero-order chi connectivity index (χ0) is 13.0. The van der Waals surface area contributed by atoms with Crippen LogP contribution in [-0.4, -0.2) is 38.8 Å². The fourth-order valence-electron chi connectivity index (χ4n) is 2.69. The van der Waals surface area contributed by atoms with Gasteiger partial charge in [-0.3, -0.25) is 0 Å². The molecule has 3 rings (SSSR count). The first-order valence-corrected chi connectivity index (χ1v) is 9.36. The third-order valence-electron chi connectivity index (χ3n) is 4.60. The minimum absolute atomic E-state index is 0.0701.